The second kappa shape index (κ2) is 5.79. The molecule has 0 aliphatic rings. The molecule has 120 valence electrons. The highest BCUT2D eigenvalue weighted by Gasteiger charge is 2.24. The molecule has 0 heteroatoms. The van der Waals surface area contributed by atoms with Gasteiger partial charge in [-0.15, -0.1) is 101 Å². The van der Waals surface area contributed by atoms with Crippen molar-refractivity contribution in [3.63, 3.8) is 0 Å². The van der Waals surface area contributed by atoms with Crippen LogP contribution in [0, 0.1) is 0 Å². The van der Waals surface area contributed by atoms with Crippen molar-refractivity contribution in [3.8, 4) is 0 Å². The third-order valence-corrected chi connectivity index (χ3v) is 5.40. The van der Waals surface area contributed by atoms with E-state index >= 15 is 0 Å². The van der Waals surface area contributed by atoms with Crippen LogP contribution in [0.5, 0.6) is 0 Å². The van der Waals surface area contributed by atoms with Gasteiger partial charge in [-0.25, -0.2) is 0 Å². The lowest BCUT2D eigenvalue weighted by molar-refractivity contribution is 0.536. The molecule has 4 aromatic carbocycles. The lowest BCUT2D eigenvalue weighted by Crippen LogP contribution is -2.22. The molecule has 0 saturated heterocycles. The maximum Gasteiger partial charge on any atom is -0.0354 e. The molecule has 0 bridgehead atoms. The van der Waals surface area contributed by atoms with E-state index in [2.05, 4.69) is 86.3 Å². The molecule has 0 saturated carbocycles. The van der Waals surface area contributed by atoms with Crippen molar-refractivity contribution in [1.29, 1.82) is 0 Å². The van der Waals surface area contributed by atoms with Crippen LogP contribution in [0.25, 0.3) is 21.5 Å². The maximum absolute atomic E-state index is 3.95. The smallest absolute Gasteiger partial charge is 0.0354 e. The Morgan fingerprint density at radius 2 is 1.38 bits per heavy atom. The van der Waals surface area contributed by atoms with Crippen molar-refractivity contribution in [2.45, 2.75) is 25.2 Å². The van der Waals surface area contributed by atoms with Gasteiger partial charge in [0.15, 0.2) is 0 Å². The predicted octanol–water partition coefficient (Wildman–Crippen LogP) is 6.70. The van der Waals surface area contributed by atoms with Gasteiger partial charge in [-0.1, -0.05) is 30.2 Å². The van der Waals surface area contributed by atoms with Crippen molar-refractivity contribution < 1.29 is 0 Å². The molecular formula is C24H22-2. The zero-order chi connectivity index (χ0) is 16.6. The van der Waals surface area contributed by atoms with Crippen LogP contribution in [0.4, 0.5) is 0 Å². The highest BCUT2D eigenvalue weighted by Crippen LogP contribution is 2.44. The Balaban J connectivity index is 1.97. The molecule has 0 atom stereocenters. The lowest BCUT2D eigenvalue weighted by Gasteiger charge is -2.37. The van der Waals surface area contributed by atoms with Gasteiger partial charge >= 0.3 is 0 Å². The van der Waals surface area contributed by atoms with Gasteiger partial charge < -0.3 is 0 Å². The minimum atomic E-state index is -0.0135. The standard InChI is InChI=1S/C24H22/c1-3-4-17-24(2,22-15-13-18-9-5-7-11-20(18)22)23-16-14-19-10-6-8-12-21(19)23/h3,5-16H,1,4,17H2,2H3/q-2. The Hall–Kier alpha value is -2.60. The number of rotatable bonds is 5. The van der Waals surface area contributed by atoms with Crippen molar-refractivity contribution in [3.05, 3.63) is 96.6 Å². The van der Waals surface area contributed by atoms with Crippen LogP contribution in [0.1, 0.15) is 30.9 Å². The van der Waals surface area contributed by atoms with Crippen LogP contribution in [0.3, 0.4) is 0 Å². The summed E-state index contributed by atoms with van der Waals surface area (Å²) in [5.41, 5.74) is 2.84. The second-order valence-electron chi connectivity index (χ2n) is 6.83. The molecule has 0 N–H and O–H groups in total. The Morgan fingerprint density at radius 3 is 1.88 bits per heavy atom. The van der Waals surface area contributed by atoms with Crippen molar-refractivity contribution in [2.75, 3.05) is 0 Å². The zero-order valence-corrected chi connectivity index (χ0v) is 14.1. The van der Waals surface area contributed by atoms with Crippen LogP contribution in [0.2, 0.25) is 0 Å². The second-order valence-corrected chi connectivity index (χ2v) is 6.83. The molecule has 0 aliphatic heterocycles. The number of hydrogen-bond donors (Lipinski definition) is 0. The van der Waals surface area contributed by atoms with E-state index in [9.17, 15) is 0 Å². The minimum absolute atomic E-state index is 0.0135. The van der Waals surface area contributed by atoms with E-state index in [0.717, 1.165) is 12.8 Å². The Labute approximate surface area is 143 Å². The normalized spacial score (nSPS) is 12.0. The molecule has 0 radical (unpaired) electrons. The third-order valence-electron chi connectivity index (χ3n) is 5.40. The molecule has 4 rings (SSSR count). The quantitative estimate of drug-likeness (QED) is 0.284. The number of benzene rings is 2. The molecule has 0 heterocycles. The predicted molar refractivity (Wildman–Crippen MR) is 105 cm³/mol. The summed E-state index contributed by atoms with van der Waals surface area (Å²) >= 11 is 0. The van der Waals surface area contributed by atoms with Crippen molar-refractivity contribution in [1.82, 2.24) is 0 Å². The Bertz CT molecular complexity index is 919. The van der Waals surface area contributed by atoms with Gasteiger partial charge in [0, 0.05) is 0 Å². The third kappa shape index (κ3) is 2.22. The molecule has 0 nitrogen and oxygen atoms in total. The van der Waals surface area contributed by atoms with Gasteiger partial charge in [0.05, 0.1) is 0 Å². The van der Waals surface area contributed by atoms with Gasteiger partial charge in [0.2, 0.25) is 0 Å². The molecule has 0 amide bonds. The van der Waals surface area contributed by atoms with Gasteiger partial charge in [0.25, 0.3) is 0 Å². The molecule has 0 spiro atoms. The largest absolute Gasteiger partial charge is 0.148 e. The maximum atomic E-state index is 3.95. The van der Waals surface area contributed by atoms with E-state index in [1.807, 2.05) is 6.08 Å². The fraction of sp³-hybridized carbons (Fsp3) is 0.167. The zero-order valence-electron chi connectivity index (χ0n) is 14.1. The van der Waals surface area contributed by atoms with Gasteiger partial charge in [0.1, 0.15) is 0 Å². The van der Waals surface area contributed by atoms with Gasteiger partial charge in [-0.3, -0.25) is 0 Å². The Morgan fingerprint density at radius 1 is 0.833 bits per heavy atom. The van der Waals surface area contributed by atoms with Crippen LogP contribution >= 0.6 is 0 Å². The number of fused-ring (bicyclic) bond motifs is 2. The van der Waals surface area contributed by atoms with E-state index in [1.54, 1.807) is 0 Å². The summed E-state index contributed by atoms with van der Waals surface area (Å²) in [6, 6.07) is 26.6. The summed E-state index contributed by atoms with van der Waals surface area (Å²) in [4.78, 5) is 0. The molecule has 4 aromatic rings. The summed E-state index contributed by atoms with van der Waals surface area (Å²) in [5.74, 6) is 0. The fourth-order valence-electron chi connectivity index (χ4n) is 4.07. The fourth-order valence-corrected chi connectivity index (χ4v) is 4.07. The number of allylic oxidation sites excluding steroid dienone is 1. The molecule has 24 heavy (non-hydrogen) atoms. The average Bonchev–Trinajstić information content (AvgIpc) is 3.24. The Kier molecular flexibility index (Phi) is 3.61. The highest BCUT2D eigenvalue weighted by atomic mass is 14.3. The van der Waals surface area contributed by atoms with Gasteiger partial charge in [-0.05, 0) is 11.8 Å². The SMILES string of the molecule is C=CCCC(C)(c1cc[c-]2ccccc12)c1cc[c-]2ccccc12. The van der Waals surface area contributed by atoms with Gasteiger partial charge in [-0.2, -0.15) is 0 Å². The summed E-state index contributed by atoms with van der Waals surface area (Å²) in [6.07, 6.45) is 4.11. The summed E-state index contributed by atoms with van der Waals surface area (Å²) in [7, 11) is 0. The monoisotopic (exact) mass is 310 g/mol. The van der Waals surface area contributed by atoms with Crippen molar-refractivity contribution >= 4 is 21.5 Å². The van der Waals surface area contributed by atoms with Crippen LogP contribution in [-0.2, 0) is 5.41 Å². The molecule has 0 aromatic heterocycles. The van der Waals surface area contributed by atoms with E-state index < -0.39 is 0 Å². The summed E-state index contributed by atoms with van der Waals surface area (Å²) in [6.45, 7) is 6.34. The van der Waals surface area contributed by atoms with E-state index in [0.29, 0.717) is 0 Å². The first-order chi connectivity index (χ1) is 11.7. The highest BCUT2D eigenvalue weighted by molar-refractivity contribution is 5.93. The first-order valence-electron chi connectivity index (χ1n) is 8.65. The summed E-state index contributed by atoms with van der Waals surface area (Å²) < 4.78 is 0. The molecule has 0 fully saturated rings. The van der Waals surface area contributed by atoms with Crippen LogP contribution in [-0.4, -0.2) is 0 Å². The van der Waals surface area contributed by atoms with Crippen molar-refractivity contribution in [2.24, 2.45) is 0 Å². The van der Waals surface area contributed by atoms with E-state index in [1.165, 1.54) is 32.7 Å². The number of hydrogen-bond acceptors (Lipinski definition) is 0. The lowest BCUT2D eigenvalue weighted by atomic mass is 9.72. The molecular weight excluding hydrogens is 288 g/mol. The molecule has 0 aliphatic carbocycles. The average molecular weight is 310 g/mol. The first-order valence-corrected chi connectivity index (χ1v) is 8.65. The van der Waals surface area contributed by atoms with Crippen LogP contribution < -0.4 is 0 Å². The minimum Gasteiger partial charge on any atom is -0.148 e. The molecule has 0 unspecified atom stereocenters. The first kappa shape index (κ1) is 15.0. The summed E-state index contributed by atoms with van der Waals surface area (Å²) in [5, 5.41) is 5.39. The van der Waals surface area contributed by atoms with Crippen LogP contribution in [0.15, 0.2) is 85.5 Å². The van der Waals surface area contributed by atoms with E-state index in [4.69, 9.17) is 0 Å². The topological polar surface area (TPSA) is 0 Å². The van der Waals surface area contributed by atoms with E-state index in [-0.39, 0.29) is 5.41 Å².